The Morgan fingerprint density at radius 1 is 1.07 bits per heavy atom. The fourth-order valence-corrected chi connectivity index (χ4v) is 3.42. The van der Waals surface area contributed by atoms with E-state index in [1.54, 1.807) is 30.3 Å². The standard InChI is InChI=1S/C21H26N4O3/c1-14-13-18(25-21(22-14)23-15-9-5-3-4-6-10-15)19(26)24-17-12-8-7-11-16(17)20(27)28-2/h7-8,11-13,15H,3-6,9-10H2,1-2H3,(H,24,26)(H,22,23,25). The van der Waals surface area contributed by atoms with Crippen LogP contribution in [0.25, 0.3) is 0 Å². The fourth-order valence-electron chi connectivity index (χ4n) is 3.42. The van der Waals surface area contributed by atoms with Crippen molar-refractivity contribution < 1.29 is 14.3 Å². The highest BCUT2D eigenvalue weighted by molar-refractivity contribution is 6.07. The smallest absolute Gasteiger partial charge is 0.339 e. The number of anilines is 2. The molecule has 0 unspecified atom stereocenters. The third-order valence-corrected chi connectivity index (χ3v) is 4.86. The first-order valence-corrected chi connectivity index (χ1v) is 9.67. The average Bonchev–Trinajstić information content (AvgIpc) is 2.96. The predicted octanol–water partition coefficient (Wildman–Crippen LogP) is 3.96. The molecule has 1 aromatic heterocycles. The van der Waals surface area contributed by atoms with E-state index >= 15 is 0 Å². The minimum absolute atomic E-state index is 0.253. The maximum absolute atomic E-state index is 12.7. The van der Waals surface area contributed by atoms with E-state index in [0.29, 0.717) is 28.9 Å². The van der Waals surface area contributed by atoms with Gasteiger partial charge in [0.15, 0.2) is 0 Å². The molecule has 1 heterocycles. The Balaban J connectivity index is 1.77. The molecule has 0 atom stereocenters. The minimum atomic E-state index is -0.509. The summed E-state index contributed by atoms with van der Waals surface area (Å²) in [6.07, 6.45) is 7.10. The Hall–Kier alpha value is -2.96. The average molecular weight is 382 g/mol. The molecule has 1 fully saturated rings. The molecule has 1 aromatic carbocycles. The summed E-state index contributed by atoms with van der Waals surface area (Å²) in [5, 5.41) is 6.14. The van der Waals surface area contributed by atoms with Crippen molar-refractivity contribution in [2.24, 2.45) is 0 Å². The number of esters is 1. The number of carbonyl (C=O) groups is 2. The van der Waals surface area contributed by atoms with E-state index in [-0.39, 0.29) is 5.69 Å². The van der Waals surface area contributed by atoms with Gasteiger partial charge in [0.1, 0.15) is 5.69 Å². The molecular weight excluding hydrogens is 356 g/mol. The zero-order chi connectivity index (χ0) is 19.9. The van der Waals surface area contributed by atoms with Crippen LogP contribution in [0.1, 0.15) is 65.1 Å². The Bertz CT molecular complexity index is 845. The molecule has 7 nitrogen and oxygen atoms in total. The van der Waals surface area contributed by atoms with Gasteiger partial charge in [-0.05, 0) is 38.0 Å². The molecule has 1 aliphatic carbocycles. The summed E-state index contributed by atoms with van der Waals surface area (Å²) in [6, 6.07) is 8.68. The third-order valence-electron chi connectivity index (χ3n) is 4.86. The normalized spacial score (nSPS) is 14.8. The van der Waals surface area contributed by atoms with E-state index in [2.05, 4.69) is 20.6 Å². The second kappa shape index (κ2) is 9.30. The van der Waals surface area contributed by atoms with Crippen LogP contribution in [0.4, 0.5) is 11.6 Å². The van der Waals surface area contributed by atoms with E-state index < -0.39 is 11.9 Å². The summed E-state index contributed by atoms with van der Waals surface area (Å²) < 4.78 is 4.77. The number of nitrogens with one attached hydrogen (secondary N) is 2. The van der Waals surface area contributed by atoms with Crippen molar-refractivity contribution in [1.29, 1.82) is 0 Å². The molecule has 0 radical (unpaired) electrons. The van der Waals surface area contributed by atoms with Crippen molar-refractivity contribution in [3.05, 3.63) is 47.3 Å². The van der Waals surface area contributed by atoms with E-state index in [1.165, 1.54) is 32.8 Å². The number of para-hydroxylation sites is 1. The minimum Gasteiger partial charge on any atom is -0.465 e. The molecule has 0 bridgehead atoms. The summed E-state index contributed by atoms with van der Waals surface area (Å²) in [5.74, 6) is -0.436. The number of aromatic nitrogens is 2. The molecule has 3 rings (SSSR count). The lowest BCUT2D eigenvalue weighted by atomic mass is 10.1. The summed E-state index contributed by atoms with van der Waals surface area (Å²) in [7, 11) is 1.31. The number of amides is 1. The molecule has 2 aromatic rings. The summed E-state index contributed by atoms with van der Waals surface area (Å²) in [5.41, 5.74) is 1.63. The second-order valence-corrected chi connectivity index (χ2v) is 7.04. The van der Waals surface area contributed by atoms with Crippen LogP contribution in [0.3, 0.4) is 0 Å². The van der Waals surface area contributed by atoms with Crippen LogP contribution in [0.5, 0.6) is 0 Å². The van der Waals surface area contributed by atoms with Gasteiger partial charge in [0, 0.05) is 11.7 Å². The largest absolute Gasteiger partial charge is 0.465 e. The van der Waals surface area contributed by atoms with Gasteiger partial charge in [-0.3, -0.25) is 4.79 Å². The Morgan fingerprint density at radius 3 is 2.50 bits per heavy atom. The van der Waals surface area contributed by atoms with Gasteiger partial charge in [-0.1, -0.05) is 37.8 Å². The van der Waals surface area contributed by atoms with Crippen molar-refractivity contribution in [2.45, 2.75) is 51.5 Å². The van der Waals surface area contributed by atoms with Crippen LogP contribution in [0.2, 0.25) is 0 Å². The Kier molecular flexibility index (Phi) is 6.57. The van der Waals surface area contributed by atoms with Crippen LogP contribution in [0, 0.1) is 6.92 Å². The van der Waals surface area contributed by atoms with Crippen molar-refractivity contribution in [3.8, 4) is 0 Å². The van der Waals surface area contributed by atoms with Gasteiger partial charge in [0.05, 0.1) is 18.4 Å². The molecule has 1 amide bonds. The van der Waals surface area contributed by atoms with Crippen molar-refractivity contribution >= 4 is 23.5 Å². The van der Waals surface area contributed by atoms with Crippen LogP contribution < -0.4 is 10.6 Å². The predicted molar refractivity (Wildman–Crippen MR) is 108 cm³/mol. The van der Waals surface area contributed by atoms with Gasteiger partial charge in [-0.25, -0.2) is 14.8 Å². The number of rotatable bonds is 5. The van der Waals surface area contributed by atoms with E-state index in [4.69, 9.17) is 4.74 Å². The van der Waals surface area contributed by atoms with E-state index in [9.17, 15) is 9.59 Å². The molecule has 2 N–H and O–H groups in total. The fraction of sp³-hybridized carbons (Fsp3) is 0.429. The van der Waals surface area contributed by atoms with Gasteiger partial charge in [-0.2, -0.15) is 0 Å². The van der Waals surface area contributed by atoms with Gasteiger partial charge in [-0.15, -0.1) is 0 Å². The lowest BCUT2D eigenvalue weighted by molar-refractivity contribution is 0.0602. The molecule has 28 heavy (non-hydrogen) atoms. The lowest BCUT2D eigenvalue weighted by Crippen LogP contribution is -2.22. The highest BCUT2D eigenvalue weighted by Crippen LogP contribution is 2.21. The zero-order valence-corrected chi connectivity index (χ0v) is 16.3. The molecule has 7 heteroatoms. The molecule has 148 valence electrons. The van der Waals surface area contributed by atoms with E-state index in [0.717, 1.165) is 12.8 Å². The highest BCUT2D eigenvalue weighted by atomic mass is 16.5. The number of aryl methyl sites for hydroxylation is 1. The monoisotopic (exact) mass is 382 g/mol. The van der Waals surface area contributed by atoms with Crippen LogP contribution in [-0.2, 0) is 4.74 Å². The lowest BCUT2D eigenvalue weighted by Gasteiger charge is -2.17. The van der Waals surface area contributed by atoms with Crippen LogP contribution >= 0.6 is 0 Å². The number of ether oxygens (including phenoxy) is 1. The SMILES string of the molecule is COC(=O)c1ccccc1NC(=O)c1cc(C)nc(NC2CCCCCC2)n1. The zero-order valence-electron chi connectivity index (χ0n) is 16.3. The summed E-state index contributed by atoms with van der Waals surface area (Å²) in [4.78, 5) is 33.5. The Morgan fingerprint density at radius 2 is 1.79 bits per heavy atom. The van der Waals surface area contributed by atoms with Gasteiger partial charge in [0.2, 0.25) is 5.95 Å². The second-order valence-electron chi connectivity index (χ2n) is 7.04. The number of hydrogen-bond acceptors (Lipinski definition) is 6. The number of methoxy groups -OCH3 is 1. The maximum atomic E-state index is 12.7. The first-order valence-electron chi connectivity index (χ1n) is 9.67. The van der Waals surface area contributed by atoms with Crippen LogP contribution in [-0.4, -0.2) is 35.0 Å². The molecular formula is C21H26N4O3. The van der Waals surface area contributed by atoms with Crippen LogP contribution in [0.15, 0.2) is 30.3 Å². The molecule has 1 saturated carbocycles. The van der Waals surface area contributed by atoms with E-state index in [1.807, 2.05) is 6.92 Å². The molecule has 0 saturated heterocycles. The first-order chi connectivity index (χ1) is 13.6. The number of carbonyl (C=O) groups excluding carboxylic acids is 2. The maximum Gasteiger partial charge on any atom is 0.339 e. The summed E-state index contributed by atoms with van der Waals surface area (Å²) in [6.45, 7) is 1.83. The number of hydrogen-bond donors (Lipinski definition) is 2. The summed E-state index contributed by atoms with van der Waals surface area (Å²) >= 11 is 0. The van der Waals surface area contributed by atoms with Crippen molar-refractivity contribution in [2.75, 3.05) is 17.7 Å². The molecule has 0 aliphatic heterocycles. The molecule has 0 spiro atoms. The quantitative estimate of drug-likeness (QED) is 0.601. The van der Waals surface area contributed by atoms with Crippen molar-refractivity contribution in [3.63, 3.8) is 0 Å². The number of benzene rings is 1. The van der Waals surface area contributed by atoms with Gasteiger partial charge in [0.25, 0.3) is 5.91 Å². The van der Waals surface area contributed by atoms with Crippen molar-refractivity contribution in [1.82, 2.24) is 9.97 Å². The van der Waals surface area contributed by atoms with Gasteiger partial charge >= 0.3 is 5.97 Å². The Labute approximate surface area is 164 Å². The third kappa shape index (κ3) is 5.06. The highest BCUT2D eigenvalue weighted by Gasteiger charge is 2.18. The van der Waals surface area contributed by atoms with Gasteiger partial charge < -0.3 is 15.4 Å². The number of nitrogens with zero attached hydrogens (tertiary/aromatic N) is 2. The first kappa shape index (κ1) is 19.8. The topological polar surface area (TPSA) is 93.2 Å². The molecule has 1 aliphatic rings.